The van der Waals surface area contributed by atoms with Gasteiger partial charge in [0.1, 0.15) is 24.2 Å². The smallest absolute Gasteiger partial charge is 0.313 e. The van der Waals surface area contributed by atoms with E-state index in [-0.39, 0.29) is 42.9 Å². The summed E-state index contributed by atoms with van der Waals surface area (Å²) in [4.78, 5) is 45.5. The second kappa shape index (κ2) is 11.3. The third-order valence-corrected chi connectivity index (χ3v) is 8.78. The van der Waals surface area contributed by atoms with Gasteiger partial charge >= 0.3 is 5.97 Å². The second-order valence-electron chi connectivity index (χ2n) is 11.8. The van der Waals surface area contributed by atoms with Crippen molar-refractivity contribution in [3.8, 4) is 0 Å². The molecule has 3 fully saturated rings. The largest absolute Gasteiger partial charge is 0.461 e. The summed E-state index contributed by atoms with van der Waals surface area (Å²) in [5.41, 5.74) is -2.11. The number of hydrogen-bond acceptors (Lipinski definition) is 6. The van der Waals surface area contributed by atoms with Crippen molar-refractivity contribution < 1.29 is 29.0 Å². The Labute approximate surface area is 222 Å². The van der Waals surface area contributed by atoms with Crippen LogP contribution in [0.1, 0.15) is 67.2 Å². The molecule has 8 atom stereocenters. The number of aliphatic hydroxyl groups is 1. The predicted molar refractivity (Wildman–Crippen MR) is 141 cm³/mol. The molecular formula is C29H46N2O6. The molecule has 4 unspecified atom stereocenters. The molecule has 8 nitrogen and oxygen atoms in total. The van der Waals surface area contributed by atoms with Gasteiger partial charge in [0, 0.05) is 12.6 Å². The third-order valence-electron chi connectivity index (χ3n) is 8.78. The van der Waals surface area contributed by atoms with Gasteiger partial charge < -0.3 is 24.4 Å². The number of rotatable bonds is 13. The zero-order valence-corrected chi connectivity index (χ0v) is 23.4. The molecule has 3 heterocycles. The Kier molecular flexibility index (Phi) is 8.95. The first-order valence-corrected chi connectivity index (χ1v) is 13.8. The fraction of sp³-hybridized carbons (Fsp3) is 0.759. The molecule has 2 amide bonds. The van der Waals surface area contributed by atoms with Gasteiger partial charge in [-0.2, -0.15) is 0 Å². The summed E-state index contributed by atoms with van der Waals surface area (Å²) in [6, 6.07) is -1.58. The van der Waals surface area contributed by atoms with Crippen LogP contribution in [0.3, 0.4) is 0 Å². The molecule has 8 heteroatoms. The highest BCUT2D eigenvalue weighted by Crippen LogP contribution is 2.65. The lowest BCUT2D eigenvalue weighted by atomic mass is 9.62. The van der Waals surface area contributed by atoms with Crippen LogP contribution in [0.5, 0.6) is 0 Å². The van der Waals surface area contributed by atoms with E-state index in [4.69, 9.17) is 9.47 Å². The average Bonchev–Trinajstić information content (AvgIpc) is 3.35. The van der Waals surface area contributed by atoms with Crippen molar-refractivity contribution in [1.29, 1.82) is 0 Å². The van der Waals surface area contributed by atoms with Gasteiger partial charge in [0.2, 0.25) is 11.8 Å². The van der Waals surface area contributed by atoms with Gasteiger partial charge in [0.25, 0.3) is 0 Å². The van der Waals surface area contributed by atoms with Crippen molar-refractivity contribution >= 4 is 17.8 Å². The quantitative estimate of drug-likeness (QED) is 0.297. The van der Waals surface area contributed by atoms with Gasteiger partial charge in [-0.25, -0.2) is 0 Å². The summed E-state index contributed by atoms with van der Waals surface area (Å²) in [6.07, 6.45) is 5.90. The van der Waals surface area contributed by atoms with Crippen LogP contribution in [-0.2, 0) is 23.9 Å². The molecule has 3 aliphatic heterocycles. The molecule has 3 aliphatic rings. The van der Waals surface area contributed by atoms with Crippen molar-refractivity contribution in [3.63, 3.8) is 0 Å². The van der Waals surface area contributed by atoms with Crippen molar-refractivity contribution in [2.24, 2.45) is 23.7 Å². The summed E-state index contributed by atoms with van der Waals surface area (Å²) >= 11 is 0. The highest BCUT2D eigenvalue weighted by atomic mass is 16.6. The first kappa shape index (κ1) is 29.4. The maximum atomic E-state index is 14.5. The maximum absolute atomic E-state index is 14.5. The van der Waals surface area contributed by atoms with Crippen LogP contribution in [-0.4, -0.2) is 81.8 Å². The molecule has 0 aromatic heterocycles. The Morgan fingerprint density at radius 2 is 1.97 bits per heavy atom. The number of ether oxygens (including phenoxy) is 2. The van der Waals surface area contributed by atoms with E-state index in [0.717, 1.165) is 12.8 Å². The topological polar surface area (TPSA) is 96.4 Å². The number of carbonyl (C=O) groups is 3. The number of amides is 2. The van der Waals surface area contributed by atoms with Gasteiger partial charge in [-0.3, -0.25) is 14.4 Å². The van der Waals surface area contributed by atoms with Crippen molar-refractivity contribution in [1.82, 2.24) is 9.80 Å². The molecule has 0 aromatic carbocycles. The average molecular weight is 519 g/mol. The van der Waals surface area contributed by atoms with Crippen molar-refractivity contribution in [2.75, 3.05) is 19.8 Å². The standard InChI is InChI=1S/C29H46N2O6/c1-9-12-20(7)30(13-10-2)26(34)24-29-16-19(6)28(8,37-29)23(27(35)36-14-11-3)22(29)25(33)31(24)21(17-32)15-18(4)5/h10-11,18-24,32H,2-3,9,12-17H2,1,4-8H3/t19?,20?,21-,22+,23+,24?,28-,29?/m1/s1. The lowest BCUT2D eigenvalue weighted by Crippen LogP contribution is -2.60. The van der Waals surface area contributed by atoms with E-state index >= 15 is 0 Å². The molecule has 208 valence electrons. The van der Waals surface area contributed by atoms with Crippen LogP contribution in [0.4, 0.5) is 0 Å². The lowest BCUT2D eigenvalue weighted by Gasteiger charge is -2.41. The number of fused-ring (bicyclic) bond motifs is 1. The summed E-state index contributed by atoms with van der Waals surface area (Å²) < 4.78 is 12.2. The first-order valence-electron chi connectivity index (χ1n) is 13.8. The van der Waals surface area contributed by atoms with Crippen LogP contribution < -0.4 is 0 Å². The van der Waals surface area contributed by atoms with Gasteiger partial charge in [-0.1, -0.05) is 52.8 Å². The minimum atomic E-state index is -1.17. The molecule has 2 bridgehead atoms. The molecule has 0 aliphatic carbocycles. The van der Waals surface area contributed by atoms with E-state index in [2.05, 4.69) is 20.1 Å². The van der Waals surface area contributed by atoms with E-state index in [1.807, 2.05) is 34.6 Å². The molecule has 0 radical (unpaired) electrons. The van der Waals surface area contributed by atoms with Crippen LogP contribution in [0.15, 0.2) is 25.3 Å². The lowest BCUT2D eigenvalue weighted by molar-refractivity contribution is -0.163. The van der Waals surface area contributed by atoms with Crippen LogP contribution >= 0.6 is 0 Å². The zero-order chi connectivity index (χ0) is 27.7. The van der Waals surface area contributed by atoms with E-state index in [9.17, 15) is 19.5 Å². The zero-order valence-electron chi connectivity index (χ0n) is 23.4. The highest BCUT2D eigenvalue weighted by Gasteiger charge is 2.80. The number of aliphatic hydroxyl groups excluding tert-OH is 1. The Morgan fingerprint density at radius 1 is 1.30 bits per heavy atom. The molecule has 1 spiro atoms. The second-order valence-corrected chi connectivity index (χ2v) is 11.8. The van der Waals surface area contributed by atoms with E-state index in [0.29, 0.717) is 19.4 Å². The van der Waals surface area contributed by atoms with Crippen LogP contribution in [0, 0.1) is 23.7 Å². The van der Waals surface area contributed by atoms with Gasteiger partial charge in [-0.05, 0) is 44.9 Å². The normalized spacial score (nSPS) is 33.8. The molecule has 0 saturated carbocycles. The number of esters is 1. The minimum Gasteiger partial charge on any atom is -0.461 e. The van der Waals surface area contributed by atoms with Crippen molar-refractivity contribution in [3.05, 3.63) is 25.3 Å². The molecule has 37 heavy (non-hydrogen) atoms. The molecule has 3 saturated heterocycles. The summed E-state index contributed by atoms with van der Waals surface area (Å²) in [5.74, 6) is -2.62. The first-order chi connectivity index (χ1) is 17.4. The minimum absolute atomic E-state index is 0.0358. The number of nitrogens with zero attached hydrogens (tertiary/aromatic N) is 2. The summed E-state index contributed by atoms with van der Waals surface area (Å²) in [5, 5.41) is 10.4. The fourth-order valence-electron chi connectivity index (χ4n) is 7.12. The SMILES string of the molecule is C=CCOC(=O)[C@@H]1[C@H]2C(=O)N([C@@H](CO)CC(C)C)C(C(=O)N(CC=C)C(C)CCC)C23CC(C)[C@@]1(C)O3. The Hall–Kier alpha value is -2.19. The molecule has 1 N–H and O–H groups in total. The number of carbonyl (C=O) groups excluding carboxylic acids is 3. The predicted octanol–water partition coefficient (Wildman–Crippen LogP) is 3.34. The monoisotopic (exact) mass is 518 g/mol. The molecular weight excluding hydrogens is 472 g/mol. The summed E-state index contributed by atoms with van der Waals surface area (Å²) in [6.45, 7) is 19.6. The van der Waals surface area contributed by atoms with E-state index in [1.54, 1.807) is 15.9 Å². The Balaban J connectivity index is 2.17. The van der Waals surface area contributed by atoms with Gasteiger partial charge in [-0.15, -0.1) is 6.58 Å². The van der Waals surface area contributed by atoms with Gasteiger partial charge in [0.05, 0.1) is 24.2 Å². The van der Waals surface area contributed by atoms with Crippen LogP contribution in [0.2, 0.25) is 0 Å². The molecule has 0 aromatic rings. The Morgan fingerprint density at radius 3 is 2.51 bits per heavy atom. The van der Waals surface area contributed by atoms with E-state index in [1.165, 1.54) is 6.08 Å². The highest BCUT2D eigenvalue weighted by molar-refractivity contribution is 5.99. The van der Waals surface area contributed by atoms with E-state index < -0.39 is 41.1 Å². The third kappa shape index (κ3) is 4.76. The summed E-state index contributed by atoms with van der Waals surface area (Å²) in [7, 11) is 0. The molecule has 3 rings (SSSR count). The number of likely N-dealkylation sites (tertiary alicyclic amines) is 1. The fourth-order valence-corrected chi connectivity index (χ4v) is 7.12. The Bertz CT molecular complexity index is 905. The van der Waals surface area contributed by atoms with Crippen molar-refractivity contribution in [2.45, 2.75) is 96.6 Å². The van der Waals surface area contributed by atoms with Crippen LogP contribution in [0.25, 0.3) is 0 Å². The number of hydrogen-bond donors (Lipinski definition) is 1. The maximum Gasteiger partial charge on any atom is 0.313 e. The van der Waals surface area contributed by atoms with Gasteiger partial charge in [0.15, 0.2) is 0 Å².